The Hall–Kier alpha value is -1.60. The summed E-state index contributed by atoms with van der Waals surface area (Å²) in [6.45, 7) is 7.80. The Morgan fingerprint density at radius 2 is 1.70 bits per heavy atom. The molecule has 0 atom stereocenters. The van der Waals surface area contributed by atoms with Crippen molar-refractivity contribution in [1.82, 2.24) is 14.9 Å². The summed E-state index contributed by atoms with van der Waals surface area (Å²) in [5.41, 5.74) is 1.11. The van der Waals surface area contributed by atoms with Gasteiger partial charge in [0.1, 0.15) is 5.82 Å². The van der Waals surface area contributed by atoms with Crippen molar-refractivity contribution in [2.45, 2.75) is 6.54 Å². The zero-order valence-electron chi connectivity index (χ0n) is 15.2. The molecule has 2 saturated heterocycles. The highest BCUT2D eigenvalue weighted by molar-refractivity contribution is 6.35. The number of halogens is 2. The molecular formula is C19H23Cl2N5O. The first kappa shape index (κ1) is 18.7. The second kappa shape index (κ2) is 8.61. The summed E-state index contributed by atoms with van der Waals surface area (Å²) in [6.07, 6.45) is 1.85. The molecule has 27 heavy (non-hydrogen) atoms. The fourth-order valence-electron chi connectivity index (χ4n) is 3.46. The van der Waals surface area contributed by atoms with Gasteiger partial charge in [-0.25, -0.2) is 4.98 Å². The standard InChI is InChI=1S/C19H23Cl2N5O/c20-16-2-1-15(17(21)13-16)14-24-5-7-26(8-6-24)19-22-4-3-18(23-19)25-9-11-27-12-10-25/h1-4,13H,5-12,14H2. The van der Waals surface area contributed by atoms with Gasteiger partial charge in [0.25, 0.3) is 0 Å². The van der Waals surface area contributed by atoms with Crippen LogP contribution in [0.4, 0.5) is 11.8 Å². The quantitative estimate of drug-likeness (QED) is 0.775. The number of nitrogens with zero attached hydrogens (tertiary/aromatic N) is 5. The van der Waals surface area contributed by atoms with Crippen LogP contribution in [0.2, 0.25) is 10.0 Å². The second-order valence-corrected chi connectivity index (χ2v) is 7.66. The van der Waals surface area contributed by atoms with E-state index in [-0.39, 0.29) is 0 Å². The fourth-order valence-corrected chi connectivity index (χ4v) is 3.93. The third kappa shape index (κ3) is 4.63. The molecule has 2 fully saturated rings. The van der Waals surface area contributed by atoms with E-state index in [1.807, 2.05) is 24.4 Å². The van der Waals surface area contributed by atoms with Crippen LogP contribution in [0.15, 0.2) is 30.5 Å². The van der Waals surface area contributed by atoms with E-state index in [4.69, 9.17) is 32.9 Å². The number of hydrogen-bond donors (Lipinski definition) is 0. The number of anilines is 2. The molecule has 0 saturated carbocycles. The first-order valence-electron chi connectivity index (χ1n) is 9.26. The van der Waals surface area contributed by atoms with Gasteiger partial charge >= 0.3 is 0 Å². The summed E-state index contributed by atoms with van der Waals surface area (Å²) >= 11 is 12.3. The maximum absolute atomic E-state index is 6.31. The molecule has 1 aromatic heterocycles. The van der Waals surface area contributed by atoms with E-state index in [0.29, 0.717) is 5.02 Å². The predicted octanol–water partition coefficient (Wildman–Crippen LogP) is 2.94. The molecule has 2 aromatic rings. The number of piperazine rings is 1. The molecule has 144 valence electrons. The van der Waals surface area contributed by atoms with Crippen LogP contribution in [0.1, 0.15) is 5.56 Å². The molecule has 2 aliphatic rings. The van der Waals surface area contributed by atoms with Crippen molar-refractivity contribution < 1.29 is 4.74 Å². The molecule has 8 heteroatoms. The van der Waals surface area contributed by atoms with Crippen LogP contribution in [-0.2, 0) is 11.3 Å². The van der Waals surface area contributed by atoms with Gasteiger partial charge in [-0.3, -0.25) is 4.90 Å². The Morgan fingerprint density at radius 3 is 2.44 bits per heavy atom. The lowest BCUT2D eigenvalue weighted by molar-refractivity contribution is 0.122. The van der Waals surface area contributed by atoms with Gasteiger partial charge in [0.15, 0.2) is 0 Å². The molecule has 2 aliphatic heterocycles. The highest BCUT2D eigenvalue weighted by Crippen LogP contribution is 2.23. The molecule has 0 unspecified atom stereocenters. The van der Waals surface area contributed by atoms with Crippen LogP contribution < -0.4 is 9.80 Å². The molecular weight excluding hydrogens is 385 g/mol. The Balaban J connectivity index is 1.36. The first-order valence-corrected chi connectivity index (χ1v) is 10.0. The molecule has 0 aliphatic carbocycles. The van der Waals surface area contributed by atoms with Gasteiger partial charge in [0.05, 0.1) is 13.2 Å². The normalized spacial score (nSPS) is 18.7. The van der Waals surface area contributed by atoms with Crippen molar-refractivity contribution in [2.75, 3.05) is 62.3 Å². The number of hydrogen-bond acceptors (Lipinski definition) is 6. The Labute approximate surface area is 169 Å². The smallest absolute Gasteiger partial charge is 0.227 e. The number of morpholine rings is 1. The molecule has 0 radical (unpaired) electrons. The maximum Gasteiger partial charge on any atom is 0.227 e. The van der Waals surface area contributed by atoms with E-state index in [2.05, 4.69) is 19.7 Å². The van der Waals surface area contributed by atoms with Crippen molar-refractivity contribution >= 4 is 35.0 Å². The maximum atomic E-state index is 6.31. The highest BCUT2D eigenvalue weighted by atomic mass is 35.5. The third-order valence-corrected chi connectivity index (χ3v) is 5.61. The minimum atomic E-state index is 0.672. The largest absolute Gasteiger partial charge is 0.378 e. The van der Waals surface area contributed by atoms with Gasteiger partial charge < -0.3 is 14.5 Å². The van der Waals surface area contributed by atoms with Gasteiger partial charge in [-0.05, 0) is 23.8 Å². The number of benzene rings is 1. The summed E-state index contributed by atoms with van der Waals surface area (Å²) in [6, 6.07) is 7.68. The van der Waals surface area contributed by atoms with Gasteiger partial charge in [0, 0.05) is 62.1 Å². The molecule has 0 bridgehead atoms. The minimum Gasteiger partial charge on any atom is -0.378 e. The molecule has 4 rings (SSSR count). The van der Waals surface area contributed by atoms with Crippen molar-refractivity contribution in [1.29, 1.82) is 0 Å². The fraction of sp³-hybridized carbons (Fsp3) is 0.474. The lowest BCUT2D eigenvalue weighted by Crippen LogP contribution is -2.46. The molecule has 0 N–H and O–H groups in total. The lowest BCUT2D eigenvalue weighted by Gasteiger charge is -2.35. The average molecular weight is 408 g/mol. The lowest BCUT2D eigenvalue weighted by atomic mass is 10.2. The Kier molecular flexibility index (Phi) is 5.98. The van der Waals surface area contributed by atoms with Crippen LogP contribution in [0.3, 0.4) is 0 Å². The van der Waals surface area contributed by atoms with E-state index in [0.717, 1.165) is 81.4 Å². The minimum absolute atomic E-state index is 0.672. The van der Waals surface area contributed by atoms with E-state index in [9.17, 15) is 0 Å². The third-order valence-electron chi connectivity index (χ3n) is 5.03. The molecule has 0 amide bonds. The van der Waals surface area contributed by atoms with Gasteiger partial charge in [-0.15, -0.1) is 0 Å². The van der Waals surface area contributed by atoms with Gasteiger partial charge in [0.2, 0.25) is 5.95 Å². The van der Waals surface area contributed by atoms with E-state index in [1.54, 1.807) is 6.07 Å². The number of rotatable bonds is 4. The molecule has 1 aromatic carbocycles. The monoisotopic (exact) mass is 407 g/mol. The summed E-state index contributed by atoms with van der Waals surface area (Å²) in [5.74, 6) is 1.79. The summed E-state index contributed by atoms with van der Waals surface area (Å²) in [4.78, 5) is 16.2. The zero-order valence-corrected chi connectivity index (χ0v) is 16.7. The highest BCUT2D eigenvalue weighted by Gasteiger charge is 2.21. The Morgan fingerprint density at radius 1 is 0.926 bits per heavy atom. The van der Waals surface area contributed by atoms with Crippen molar-refractivity contribution in [2.24, 2.45) is 0 Å². The van der Waals surface area contributed by atoms with E-state index in [1.165, 1.54) is 0 Å². The molecule has 3 heterocycles. The average Bonchev–Trinajstić information content (AvgIpc) is 2.71. The first-order chi connectivity index (χ1) is 13.2. The topological polar surface area (TPSA) is 44.7 Å². The van der Waals surface area contributed by atoms with Crippen molar-refractivity contribution in [3.05, 3.63) is 46.1 Å². The molecule has 0 spiro atoms. The number of aromatic nitrogens is 2. The van der Waals surface area contributed by atoms with Crippen LogP contribution in [0, 0.1) is 0 Å². The summed E-state index contributed by atoms with van der Waals surface area (Å²) in [7, 11) is 0. The van der Waals surface area contributed by atoms with Crippen LogP contribution >= 0.6 is 23.2 Å². The molecule has 6 nitrogen and oxygen atoms in total. The van der Waals surface area contributed by atoms with Crippen molar-refractivity contribution in [3.63, 3.8) is 0 Å². The SMILES string of the molecule is Clc1ccc(CN2CCN(c3nccc(N4CCOCC4)n3)CC2)c(Cl)c1. The van der Waals surface area contributed by atoms with Crippen LogP contribution in [0.25, 0.3) is 0 Å². The van der Waals surface area contributed by atoms with E-state index < -0.39 is 0 Å². The second-order valence-electron chi connectivity index (χ2n) is 6.81. The predicted molar refractivity (Wildman–Crippen MR) is 109 cm³/mol. The zero-order chi connectivity index (χ0) is 18.6. The number of ether oxygens (including phenoxy) is 1. The van der Waals surface area contributed by atoms with Crippen LogP contribution in [-0.4, -0.2) is 67.4 Å². The van der Waals surface area contributed by atoms with Crippen LogP contribution in [0.5, 0.6) is 0 Å². The Bertz CT molecular complexity index is 776. The van der Waals surface area contributed by atoms with Gasteiger partial charge in [-0.1, -0.05) is 29.3 Å². The van der Waals surface area contributed by atoms with Crippen molar-refractivity contribution in [3.8, 4) is 0 Å². The van der Waals surface area contributed by atoms with Gasteiger partial charge in [-0.2, -0.15) is 4.98 Å². The summed E-state index contributed by atoms with van der Waals surface area (Å²) in [5, 5.41) is 1.40. The van der Waals surface area contributed by atoms with E-state index >= 15 is 0 Å². The summed E-state index contributed by atoms with van der Waals surface area (Å²) < 4.78 is 5.43.